The number of piperazine rings is 1. The van der Waals surface area contributed by atoms with E-state index in [2.05, 4.69) is 27.9 Å². The zero-order valence-corrected chi connectivity index (χ0v) is 17.8. The van der Waals surface area contributed by atoms with E-state index in [0.717, 1.165) is 44.0 Å². The molecule has 0 saturated carbocycles. The number of ether oxygens (including phenoxy) is 1. The summed E-state index contributed by atoms with van der Waals surface area (Å²) < 4.78 is 7.25. The molecule has 0 atom stereocenters. The minimum absolute atomic E-state index is 0.213. The van der Waals surface area contributed by atoms with Crippen molar-refractivity contribution >= 4 is 17.3 Å². The molecule has 0 spiro atoms. The van der Waals surface area contributed by atoms with Gasteiger partial charge in [-0.15, -0.1) is 0 Å². The van der Waals surface area contributed by atoms with Crippen LogP contribution in [-0.2, 0) is 0 Å². The maximum atomic E-state index is 12.7. The molecule has 0 aliphatic carbocycles. The third-order valence-electron chi connectivity index (χ3n) is 5.37. The molecule has 6 nitrogen and oxygen atoms in total. The van der Waals surface area contributed by atoms with E-state index in [1.54, 1.807) is 6.20 Å². The van der Waals surface area contributed by atoms with Gasteiger partial charge in [0.05, 0.1) is 17.6 Å². The monoisotopic (exact) mass is 424 g/mol. The Morgan fingerprint density at radius 3 is 2.43 bits per heavy atom. The lowest BCUT2D eigenvalue weighted by Crippen LogP contribution is -2.48. The van der Waals surface area contributed by atoms with Gasteiger partial charge >= 0.3 is 0 Å². The van der Waals surface area contributed by atoms with Crippen LogP contribution in [0.2, 0.25) is 5.02 Å². The number of anilines is 1. The zero-order valence-electron chi connectivity index (χ0n) is 17.0. The SMILES string of the molecule is Cc1ccccc1OCCN1CCN(c2cnn(-c3ccccc3)c(=O)c2Cl)CC1. The molecule has 0 N–H and O–H groups in total. The van der Waals surface area contributed by atoms with Crippen LogP contribution in [0.4, 0.5) is 5.69 Å². The highest BCUT2D eigenvalue weighted by Crippen LogP contribution is 2.23. The van der Waals surface area contributed by atoms with Crippen LogP contribution in [0.15, 0.2) is 65.6 Å². The van der Waals surface area contributed by atoms with Crippen molar-refractivity contribution in [3.8, 4) is 11.4 Å². The summed E-state index contributed by atoms with van der Waals surface area (Å²) in [5.74, 6) is 0.938. The molecule has 2 heterocycles. The maximum Gasteiger partial charge on any atom is 0.292 e. The van der Waals surface area contributed by atoms with Gasteiger partial charge in [0.15, 0.2) is 0 Å². The lowest BCUT2D eigenvalue weighted by atomic mass is 10.2. The first-order valence-corrected chi connectivity index (χ1v) is 10.5. The maximum absolute atomic E-state index is 12.7. The first-order valence-electron chi connectivity index (χ1n) is 10.1. The van der Waals surface area contributed by atoms with Crippen molar-refractivity contribution in [3.63, 3.8) is 0 Å². The summed E-state index contributed by atoms with van der Waals surface area (Å²) in [4.78, 5) is 17.2. The predicted octanol–water partition coefficient (Wildman–Crippen LogP) is 3.40. The first kappa shape index (κ1) is 20.4. The molecule has 3 aromatic rings. The van der Waals surface area contributed by atoms with Gasteiger partial charge in [0.1, 0.15) is 17.4 Å². The Labute approximate surface area is 181 Å². The lowest BCUT2D eigenvalue weighted by Gasteiger charge is -2.36. The average molecular weight is 425 g/mol. The Morgan fingerprint density at radius 2 is 1.70 bits per heavy atom. The van der Waals surface area contributed by atoms with Crippen molar-refractivity contribution in [1.29, 1.82) is 0 Å². The molecule has 4 rings (SSSR count). The fraction of sp³-hybridized carbons (Fsp3) is 0.304. The van der Waals surface area contributed by atoms with E-state index in [0.29, 0.717) is 18.0 Å². The number of aryl methyl sites for hydroxylation is 1. The smallest absolute Gasteiger partial charge is 0.292 e. The van der Waals surface area contributed by atoms with E-state index in [1.165, 1.54) is 4.68 Å². The number of nitrogens with zero attached hydrogens (tertiary/aromatic N) is 4. The Hall–Kier alpha value is -2.83. The van der Waals surface area contributed by atoms with Gasteiger partial charge in [-0.05, 0) is 30.7 Å². The fourth-order valence-electron chi connectivity index (χ4n) is 3.61. The third kappa shape index (κ3) is 4.50. The number of benzene rings is 2. The summed E-state index contributed by atoms with van der Waals surface area (Å²) in [5, 5.41) is 4.55. The van der Waals surface area contributed by atoms with E-state index in [-0.39, 0.29) is 10.6 Å². The van der Waals surface area contributed by atoms with Crippen LogP contribution in [0, 0.1) is 6.92 Å². The average Bonchev–Trinajstić information content (AvgIpc) is 2.78. The van der Waals surface area contributed by atoms with E-state index < -0.39 is 0 Å². The van der Waals surface area contributed by atoms with Crippen molar-refractivity contribution in [3.05, 3.63) is 81.7 Å². The van der Waals surface area contributed by atoms with E-state index in [9.17, 15) is 4.79 Å². The Kier molecular flexibility index (Phi) is 6.35. The molecule has 0 bridgehead atoms. The summed E-state index contributed by atoms with van der Waals surface area (Å²) in [6, 6.07) is 17.4. The van der Waals surface area contributed by atoms with Gasteiger partial charge in [0, 0.05) is 32.7 Å². The van der Waals surface area contributed by atoms with Crippen molar-refractivity contribution in [2.24, 2.45) is 0 Å². The van der Waals surface area contributed by atoms with Crippen LogP contribution in [-0.4, -0.2) is 54.0 Å². The van der Waals surface area contributed by atoms with Crippen molar-refractivity contribution in [1.82, 2.24) is 14.7 Å². The summed E-state index contributed by atoms with van der Waals surface area (Å²) in [5.41, 5.74) is 2.25. The minimum Gasteiger partial charge on any atom is -0.492 e. The molecule has 7 heteroatoms. The highest BCUT2D eigenvalue weighted by atomic mass is 35.5. The second kappa shape index (κ2) is 9.32. The molecule has 1 aliphatic heterocycles. The molecule has 1 aromatic heterocycles. The van der Waals surface area contributed by atoms with Crippen molar-refractivity contribution in [2.75, 3.05) is 44.2 Å². The van der Waals surface area contributed by atoms with E-state index >= 15 is 0 Å². The highest BCUT2D eigenvalue weighted by molar-refractivity contribution is 6.33. The Bertz CT molecular complexity index is 1050. The van der Waals surface area contributed by atoms with Gasteiger partial charge in [-0.25, -0.2) is 0 Å². The predicted molar refractivity (Wildman–Crippen MR) is 120 cm³/mol. The molecule has 0 amide bonds. The van der Waals surface area contributed by atoms with Crippen LogP contribution in [0.25, 0.3) is 5.69 Å². The highest BCUT2D eigenvalue weighted by Gasteiger charge is 2.21. The summed E-state index contributed by atoms with van der Waals surface area (Å²) in [7, 11) is 0. The third-order valence-corrected chi connectivity index (χ3v) is 5.73. The number of para-hydroxylation sites is 2. The minimum atomic E-state index is -0.297. The quantitative estimate of drug-likeness (QED) is 0.607. The van der Waals surface area contributed by atoms with Crippen LogP contribution in [0.1, 0.15) is 5.56 Å². The molecule has 1 saturated heterocycles. The second-order valence-corrected chi connectivity index (χ2v) is 7.72. The summed E-state index contributed by atoms with van der Waals surface area (Å²) >= 11 is 6.44. The van der Waals surface area contributed by atoms with E-state index in [1.807, 2.05) is 48.5 Å². The Morgan fingerprint density at radius 1 is 1.00 bits per heavy atom. The molecule has 1 aliphatic rings. The Balaban J connectivity index is 1.34. The van der Waals surface area contributed by atoms with Crippen LogP contribution in [0.5, 0.6) is 5.75 Å². The number of aromatic nitrogens is 2. The largest absolute Gasteiger partial charge is 0.492 e. The van der Waals surface area contributed by atoms with E-state index in [4.69, 9.17) is 16.3 Å². The number of hydrogen-bond donors (Lipinski definition) is 0. The van der Waals surface area contributed by atoms with Crippen LogP contribution < -0.4 is 15.2 Å². The van der Waals surface area contributed by atoms with Gasteiger partial charge in [0.25, 0.3) is 5.56 Å². The van der Waals surface area contributed by atoms with Crippen LogP contribution >= 0.6 is 11.6 Å². The molecule has 156 valence electrons. The number of rotatable bonds is 6. The number of hydrogen-bond acceptors (Lipinski definition) is 5. The molecule has 2 aromatic carbocycles. The molecular formula is C23H25ClN4O2. The first-order chi connectivity index (χ1) is 14.6. The zero-order chi connectivity index (χ0) is 20.9. The lowest BCUT2D eigenvalue weighted by molar-refractivity contribution is 0.200. The van der Waals surface area contributed by atoms with Gasteiger partial charge in [-0.1, -0.05) is 48.0 Å². The van der Waals surface area contributed by atoms with Gasteiger partial charge < -0.3 is 9.64 Å². The summed E-state index contributed by atoms with van der Waals surface area (Å²) in [6.45, 7) is 6.92. The second-order valence-electron chi connectivity index (χ2n) is 7.34. The molecule has 0 radical (unpaired) electrons. The topological polar surface area (TPSA) is 50.6 Å². The van der Waals surface area contributed by atoms with Gasteiger partial charge in [-0.3, -0.25) is 9.69 Å². The fourth-order valence-corrected chi connectivity index (χ4v) is 3.86. The molecule has 1 fully saturated rings. The van der Waals surface area contributed by atoms with Crippen molar-refractivity contribution in [2.45, 2.75) is 6.92 Å². The number of halogens is 1. The standard InChI is InChI=1S/C23H25ClN4O2/c1-18-7-5-6-10-21(18)30-16-15-26-11-13-27(14-12-26)20-17-25-28(23(29)22(20)24)19-8-3-2-4-9-19/h2-10,17H,11-16H2,1H3. The summed E-state index contributed by atoms with van der Waals surface area (Å²) in [6.07, 6.45) is 1.69. The van der Waals surface area contributed by atoms with Crippen LogP contribution in [0.3, 0.4) is 0 Å². The normalized spacial score (nSPS) is 14.7. The van der Waals surface area contributed by atoms with Gasteiger partial charge in [-0.2, -0.15) is 9.78 Å². The molecule has 0 unspecified atom stereocenters. The molecule has 30 heavy (non-hydrogen) atoms. The molecular weight excluding hydrogens is 400 g/mol. The van der Waals surface area contributed by atoms with Gasteiger partial charge in [0.2, 0.25) is 0 Å². The van der Waals surface area contributed by atoms with Crippen molar-refractivity contribution < 1.29 is 4.74 Å².